The summed E-state index contributed by atoms with van der Waals surface area (Å²) in [5.41, 5.74) is 1.93. The summed E-state index contributed by atoms with van der Waals surface area (Å²) in [5.74, 6) is 1.73. The monoisotopic (exact) mass is 300 g/mol. The van der Waals surface area contributed by atoms with Gasteiger partial charge in [0, 0.05) is 12.6 Å². The summed E-state index contributed by atoms with van der Waals surface area (Å²) in [7, 11) is 1.64. The van der Waals surface area contributed by atoms with Crippen LogP contribution in [0.15, 0.2) is 36.0 Å². The van der Waals surface area contributed by atoms with Crippen molar-refractivity contribution >= 4 is 5.84 Å². The zero-order valence-electron chi connectivity index (χ0n) is 13.1. The van der Waals surface area contributed by atoms with Gasteiger partial charge in [0.05, 0.1) is 12.8 Å². The molecule has 0 aliphatic carbocycles. The number of hydrogen-bond donors (Lipinski definition) is 1. The average molecular weight is 300 g/mol. The molecule has 22 heavy (non-hydrogen) atoms. The fourth-order valence-corrected chi connectivity index (χ4v) is 1.94. The van der Waals surface area contributed by atoms with Gasteiger partial charge in [-0.15, -0.1) is 15.0 Å². The van der Waals surface area contributed by atoms with E-state index in [2.05, 4.69) is 39.2 Å². The Morgan fingerprint density at radius 3 is 2.86 bits per heavy atom. The minimum atomic E-state index is 0.419. The molecule has 0 amide bonds. The number of methoxy groups -OCH3 is 1. The van der Waals surface area contributed by atoms with Crippen molar-refractivity contribution < 1.29 is 4.74 Å². The highest BCUT2D eigenvalue weighted by molar-refractivity contribution is 5.95. The highest BCUT2D eigenvalue weighted by Gasteiger charge is 2.11. The largest absolute Gasteiger partial charge is 0.497 e. The second-order valence-corrected chi connectivity index (χ2v) is 4.47. The number of ether oxygens (including phenoxy) is 1. The molecule has 7 heteroatoms. The minimum absolute atomic E-state index is 0.419. The van der Waals surface area contributed by atoms with Crippen LogP contribution in [0, 0.1) is 0 Å². The van der Waals surface area contributed by atoms with E-state index >= 15 is 0 Å². The number of amidine groups is 1. The van der Waals surface area contributed by atoms with E-state index in [4.69, 9.17) is 4.74 Å². The molecule has 0 aliphatic rings. The Labute approximate surface area is 129 Å². The summed E-state index contributed by atoms with van der Waals surface area (Å²) in [6, 6.07) is 5.86. The van der Waals surface area contributed by atoms with Crippen LogP contribution in [0.2, 0.25) is 0 Å². The molecule has 1 aromatic carbocycles. The maximum Gasteiger partial charge on any atom is 0.240 e. The number of aliphatic imine (C=N–C) groups is 1. The predicted molar refractivity (Wildman–Crippen MR) is 85.5 cm³/mol. The summed E-state index contributed by atoms with van der Waals surface area (Å²) in [4.78, 5) is 5.76. The molecule has 0 saturated carbocycles. The van der Waals surface area contributed by atoms with E-state index in [1.807, 2.05) is 25.1 Å². The summed E-state index contributed by atoms with van der Waals surface area (Å²) in [5, 5.41) is 15.4. The Hall–Kier alpha value is -2.70. The van der Waals surface area contributed by atoms with Gasteiger partial charge in [0.25, 0.3) is 0 Å². The first kappa shape index (κ1) is 15.7. The normalized spacial score (nSPS) is 11.3. The van der Waals surface area contributed by atoms with E-state index in [-0.39, 0.29) is 0 Å². The zero-order valence-corrected chi connectivity index (χ0v) is 13.1. The molecule has 2 aromatic rings. The molecule has 2 rings (SSSR count). The van der Waals surface area contributed by atoms with Crippen LogP contribution < -0.4 is 10.1 Å². The van der Waals surface area contributed by atoms with Crippen LogP contribution in [-0.4, -0.2) is 39.7 Å². The van der Waals surface area contributed by atoms with Crippen LogP contribution in [0.4, 0.5) is 0 Å². The zero-order chi connectivity index (χ0) is 15.9. The summed E-state index contributed by atoms with van der Waals surface area (Å²) in [6.45, 7) is 8.26. The molecule has 0 aliphatic heterocycles. The van der Waals surface area contributed by atoms with Gasteiger partial charge in [-0.25, -0.2) is 0 Å². The Balaban J connectivity index is 2.38. The lowest BCUT2D eigenvalue weighted by Crippen LogP contribution is -2.20. The first-order chi connectivity index (χ1) is 10.7. The molecule has 116 valence electrons. The van der Waals surface area contributed by atoms with Crippen molar-refractivity contribution in [1.29, 1.82) is 0 Å². The van der Waals surface area contributed by atoms with Crippen molar-refractivity contribution in [3.63, 3.8) is 0 Å². The summed E-state index contributed by atoms with van der Waals surface area (Å²) < 4.78 is 5.31. The van der Waals surface area contributed by atoms with Gasteiger partial charge in [0.2, 0.25) is 5.82 Å². The molecule has 0 bridgehead atoms. The molecule has 1 N–H and O–H groups in total. The molecule has 0 atom stereocenters. The maximum atomic E-state index is 5.31. The van der Waals surface area contributed by atoms with Gasteiger partial charge < -0.3 is 10.1 Å². The lowest BCUT2D eigenvalue weighted by molar-refractivity contribution is 0.413. The minimum Gasteiger partial charge on any atom is -0.497 e. The second-order valence-electron chi connectivity index (χ2n) is 4.47. The number of nitrogens with one attached hydrogen (secondary N) is 1. The van der Waals surface area contributed by atoms with E-state index in [0.29, 0.717) is 18.2 Å². The molecular weight excluding hydrogens is 280 g/mol. The first-order valence-electron chi connectivity index (χ1n) is 7.12. The Morgan fingerprint density at radius 1 is 1.41 bits per heavy atom. The highest BCUT2D eigenvalue weighted by Crippen LogP contribution is 2.19. The molecule has 1 heterocycles. The van der Waals surface area contributed by atoms with Crippen LogP contribution in [0.25, 0.3) is 5.69 Å². The van der Waals surface area contributed by atoms with Crippen molar-refractivity contribution in [3.8, 4) is 11.4 Å². The quantitative estimate of drug-likeness (QED) is 0.649. The smallest absolute Gasteiger partial charge is 0.240 e. The third-order valence-electron chi connectivity index (χ3n) is 3.01. The third-order valence-corrected chi connectivity index (χ3v) is 3.01. The lowest BCUT2D eigenvalue weighted by Gasteiger charge is -2.06. The number of nitrogens with zero attached hydrogens (tertiary/aromatic N) is 5. The summed E-state index contributed by atoms with van der Waals surface area (Å²) >= 11 is 0. The Morgan fingerprint density at radius 2 is 2.23 bits per heavy atom. The molecule has 0 spiro atoms. The molecule has 0 radical (unpaired) electrons. The van der Waals surface area contributed by atoms with Crippen molar-refractivity contribution in [2.75, 3.05) is 13.7 Å². The number of rotatable bonds is 6. The molecule has 0 unspecified atom stereocenters. The van der Waals surface area contributed by atoms with E-state index < -0.39 is 0 Å². The van der Waals surface area contributed by atoms with Gasteiger partial charge in [-0.2, -0.15) is 0 Å². The number of aromatic nitrogens is 4. The maximum absolute atomic E-state index is 5.31. The number of hydrogen-bond acceptors (Lipinski definition) is 5. The number of tetrazole rings is 1. The van der Waals surface area contributed by atoms with Crippen LogP contribution >= 0.6 is 0 Å². The highest BCUT2D eigenvalue weighted by atomic mass is 16.5. The van der Waals surface area contributed by atoms with Crippen molar-refractivity contribution in [2.24, 2.45) is 4.99 Å². The SMILES string of the molecule is C=CNC(=NCC)c1nnn(-c2cc(CC)cc(OC)c2)n1. The van der Waals surface area contributed by atoms with Gasteiger partial charge in [-0.3, -0.25) is 4.99 Å². The van der Waals surface area contributed by atoms with E-state index in [0.717, 1.165) is 23.4 Å². The van der Waals surface area contributed by atoms with E-state index in [1.54, 1.807) is 7.11 Å². The van der Waals surface area contributed by atoms with Crippen LogP contribution in [0.5, 0.6) is 5.75 Å². The molecule has 0 saturated heterocycles. The first-order valence-corrected chi connectivity index (χ1v) is 7.12. The number of aryl methyl sites for hydroxylation is 1. The van der Waals surface area contributed by atoms with Gasteiger partial charge >= 0.3 is 0 Å². The van der Waals surface area contributed by atoms with Gasteiger partial charge in [-0.1, -0.05) is 13.5 Å². The number of benzene rings is 1. The summed E-state index contributed by atoms with van der Waals surface area (Å²) in [6.07, 6.45) is 2.43. The molecule has 1 aromatic heterocycles. The Bertz CT molecular complexity index is 654. The fourth-order valence-electron chi connectivity index (χ4n) is 1.94. The van der Waals surface area contributed by atoms with Crippen molar-refractivity contribution in [2.45, 2.75) is 20.3 Å². The molecule has 0 fully saturated rings. The van der Waals surface area contributed by atoms with Crippen LogP contribution in [0.1, 0.15) is 25.2 Å². The fraction of sp³-hybridized carbons (Fsp3) is 0.333. The molecule has 7 nitrogen and oxygen atoms in total. The van der Waals surface area contributed by atoms with Crippen LogP contribution in [0.3, 0.4) is 0 Å². The lowest BCUT2D eigenvalue weighted by atomic mass is 10.1. The van der Waals surface area contributed by atoms with Crippen molar-refractivity contribution in [3.05, 3.63) is 42.4 Å². The van der Waals surface area contributed by atoms with Crippen molar-refractivity contribution in [1.82, 2.24) is 25.5 Å². The second kappa shape index (κ2) is 7.35. The third kappa shape index (κ3) is 3.49. The average Bonchev–Trinajstić information content (AvgIpc) is 3.04. The molecular formula is C15H20N6O. The van der Waals surface area contributed by atoms with Gasteiger partial charge in [0.15, 0.2) is 5.84 Å². The van der Waals surface area contributed by atoms with E-state index in [1.165, 1.54) is 11.0 Å². The predicted octanol–water partition coefficient (Wildman–Crippen LogP) is 1.73. The van der Waals surface area contributed by atoms with E-state index in [9.17, 15) is 0 Å². The van der Waals surface area contributed by atoms with Gasteiger partial charge in [0.1, 0.15) is 5.75 Å². The standard InChI is InChI=1S/C15H20N6O/c1-5-11-8-12(10-13(9-11)22-4)21-19-15(18-20-21)14(16-6-2)17-7-3/h6,8-10H,2,5,7H2,1,3-4H3,(H,16,17). The Kier molecular flexibility index (Phi) is 5.24. The van der Waals surface area contributed by atoms with Crippen LogP contribution in [-0.2, 0) is 6.42 Å². The topological polar surface area (TPSA) is 77.2 Å². The van der Waals surface area contributed by atoms with Gasteiger partial charge in [-0.05, 0) is 42.5 Å².